The lowest BCUT2D eigenvalue weighted by molar-refractivity contribution is 1.29. The summed E-state index contributed by atoms with van der Waals surface area (Å²) >= 11 is 0. The SMILES string of the molecule is C=C(C#N)c1ccc(N(c2ccc(-c3ccc(N(c4ccc(C(=C)C#N)cc4)c4cccc5ccccc45)cc3)cc2)c2cccc3ccccc23)cc1. The highest BCUT2D eigenvalue weighted by molar-refractivity contribution is 6.00. The number of anilines is 6. The highest BCUT2D eigenvalue weighted by Crippen LogP contribution is 2.42. The standard InChI is InChI=1S/C50H34N4/c1-35(33-51)37-17-25-43(26-18-37)53(49-15-7-11-41-9-3-5-13-47(41)49)45-29-21-39(22-30-45)40-23-31-46(32-24-40)54(44-27-19-38(20-28-44)36(2)34-52)50-16-8-12-42-10-4-6-14-48(42)50/h3-32H,1-2H2. The molecule has 0 spiro atoms. The van der Waals surface area contributed by atoms with Crippen molar-refractivity contribution in [3.05, 3.63) is 206 Å². The summed E-state index contributed by atoms with van der Waals surface area (Å²) < 4.78 is 0. The Kier molecular flexibility index (Phi) is 9.01. The third-order valence-corrected chi connectivity index (χ3v) is 9.82. The molecular weight excluding hydrogens is 657 g/mol. The smallest absolute Gasteiger partial charge is 0.0991 e. The Morgan fingerprint density at radius 1 is 0.370 bits per heavy atom. The van der Waals surface area contributed by atoms with Crippen molar-refractivity contribution < 1.29 is 0 Å². The van der Waals surface area contributed by atoms with Gasteiger partial charge in [-0.25, -0.2) is 0 Å². The number of hydrogen-bond donors (Lipinski definition) is 0. The van der Waals surface area contributed by atoms with Crippen molar-refractivity contribution in [2.75, 3.05) is 9.80 Å². The van der Waals surface area contributed by atoms with Crippen molar-refractivity contribution in [2.24, 2.45) is 0 Å². The highest BCUT2D eigenvalue weighted by atomic mass is 15.1. The number of nitriles is 2. The molecule has 0 unspecified atom stereocenters. The Balaban J connectivity index is 1.16. The maximum Gasteiger partial charge on any atom is 0.0991 e. The van der Waals surface area contributed by atoms with E-state index in [1.165, 1.54) is 0 Å². The molecule has 0 aliphatic rings. The van der Waals surface area contributed by atoms with Crippen molar-refractivity contribution in [3.8, 4) is 23.3 Å². The van der Waals surface area contributed by atoms with Gasteiger partial charge in [0.2, 0.25) is 0 Å². The number of fused-ring (bicyclic) bond motifs is 2. The lowest BCUT2D eigenvalue weighted by Gasteiger charge is -2.27. The van der Waals surface area contributed by atoms with Crippen molar-refractivity contribution in [1.29, 1.82) is 10.5 Å². The molecule has 8 rings (SSSR count). The van der Waals surface area contributed by atoms with Crippen LogP contribution in [0.1, 0.15) is 11.1 Å². The summed E-state index contributed by atoms with van der Waals surface area (Å²) in [5.41, 5.74) is 10.8. The van der Waals surface area contributed by atoms with Crippen molar-refractivity contribution in [1.82, 2.24) is 0 Å². The maximum absolute atomic E-state index is 9.41. The molecule has 0 fully saturated rings. The average Bonchev–Trinajstić information content (AvgIpc) is 3.24. The van der Waals surface area contributed by atoms with Crippen LogP contribution < -0.4 is 9.80 Å². The number of benzene rings is 8. The van der Waals surface area contributed by atoms with Crippen molar-refractivity contribution in [2.45, 2.75) is 0 Å². The third-order valence-electron chi connectivity index (χ3n) is 9.82. The number of nitrogens with zero attached hydrogens (tertiary/aromatic N) is 4. The van der Waals surface area contributed by atoms with E-state index < -0.39 is 0 Å². The van der Waals surface area contributed by atoms with E-state index in [9.17, 15) is 10.5 Å². The Morgan fingerprint density at radius 2 is 0.685 bits per heavy atom. The molecule has 54 heavy (non-hydrogen) atoms. The quantitative estimate of drug-likeness (QED) is 0.141. The molecule has 0 amide bonds. The molecule has 0 aliphatic heterocycles. The Morgan fingerprint density at radius 3 is 1.04 bits per heavy atom. The van der Waals surface area contributed by atoms with Gasteiger partial charge in [0.05, 0.1) is 34.7 Å². The van der Waals surface area contributed by atoms with E-state index in [2.05, 4.69) is 169 Å². The molecule has 254 valence electrons. The zero-order valence-corrected chi connectivity index (χ0v) is 29.5. The van der Waals surface area contributed by atoms with Crippen LogP contribution in [0.25, 0.3) is 43.8 Å². The zero-order chi connectivity index (χ0) is 37.0. The van der Waals surface area contributed by atoms with Gasteiger partial charge in [0, 0.05) is 33.5 Å². The molecule has 0 N–H and O–H groups in total. The normalized spacial score (nSPS) is 10.7. The van der Waals surface area contributed by atoms with Crippen LogP contribution in [0.5, 0.6) is 0 Å². The molecule has 0 aliphatic carbocycles. The van der Waals surface area contributed by atoms with Gasteiger partial charge in [-0.1, -0.05) is 134 Å². The average molecular weight is 691 g/mol. The predicted molar refractivity (Wildman–Crippen MR) is 226 cm³/mol. The van der Waals surface area contributed by atoms with E-state index in [-0.39, 0.29) is 0 Å². The van der Waals surface area contributed by atoms with Crippen LogP contribution in [0.2, 0.25) is 0 Å². The van der Waals surface area contributed by atoms with Gasteiger partial charge in [-0.2, -0.15) is 10.5 Å². The molecule has 4 heteroatoms. The number of allylic oxidation sites excluding steroid dienone is 2. The van der Waals surface area contributed by atoms with Gasteiger partial charge in [-0.3, -0.25) is 0 Å². The van der Waals surface area contributed by atoms with E-state index in [0.717, 1.165) is 77.9 Å². The van der Waals surface area contributed by atoms with Gasteiger partial charge in [0.25, 0.3) is 0 Å². The van der Waals surface area contributed by atoms with Crippen LogP contribution in [0.4, 0.5) is 34.1 Å². The summed E-state index contributed by atoms with van der Waals surface area (Å²) in [7, 11) is 0. The summed E-state index contributed by atoms with van der Waals surface area (Å²) in [6.45, 7) is 7.79. The van der Waals surface area contributed by atoms with Gasteiger partial charge < -0.3 is 9.80 Å². The van der Waals surface area contributed by atoms with Gasteiger partial charge >= 0.3 is 0 Å². The van der Waals surface area contributed by atoms with Crippen molar-refractivity contribution >= 4 is 66.8 Å². The molecule has 4 nitrogen and oxygen atoms in total. The highest BCUT2D eigenvalue weighted by Gasteiger charge is 2.18. The number of hydrogen-bond acceptors (Lipinski definition) is 4. The molecule has 0 bridgehead atoms. The van der Waals surface area contributed by atoms with Crippen LogP contribution >= 0.6 is 0 Å². The first-order valence-corrected chi connectivity index (χ1v) is 17.7. The fourth-order valence-electron chi connectivity index (χ4n) is 7.02. The molecule has 0 saturated heterocycles. The minimum Gasteiger partial charge on any atom is -0.310 e. The first kappa shape index (κ1) is 33.5. The molecule has 0 atom stereocenters. The van der Waals surface area contributed by atoms with Crippen LogP contribution in [0.3, 0.4) is 0 Å². The fraction of sp³-hybridized carbons (Fsp3) is 0. The van der Waals surface area contributed by atoms with Crippen LogP contribution in [0, 0.1) is 22.7 Å². The van der Waals surface area contributed by atoms with E-state index in [1.807, 2.05) is 48.5 Å². The van der Waals surface area contributed by atoms with E-state index in [0.29, 0.717) is 11.1 Å². The summed E-state index contributed by atoms with van der Waals surface area (Å²) in [6.07, 6.45) is 0. The molecule has 0 saturated carbocycles. The lowest BCUT2D eigenvalue weighted by Crippen LogP contribution is -2.10. The first-order valence-electron chi connectivity index (χ1n) is 17.7. The Hall–Kier alpha value is -7.66. The van der Waals surface area contributed by atoms with Gasteiger partial charge in [0.15, 0.2) is 0 Å². The summed E-state index contributed by atoms with van der Waals surface area (Å²) in [4.78, 5) is 4.51. The molecule has 0 radical (unpaired) electrons. The number of rotatable bonds is 9. The van der Waals surface area contributed by atoms with Gasteiger partial charge in [-0.15, -0.1) is 0 Å². The van der Waals surface area contributed by atoms with E-state index in [1.54, 1.807) is 0 Å². The molecule has 0 aromatic heterocycles. The van der Waals surface area contributed by atoms with Gasteiger partial charge in [0.1, 0.15) is 0 Å². The summed E-state index contributed by atoms with van der Waals surface area (Å²) in [5, 5.41) is 23.4. The minimum absolute atomic E-state index is 0.439. The fourth-order valence-corrected chi connectivity index (χ4v) is 7.02. The molecule has 8 aromatic rings. The van der Waals surface area contributed by atoms with E-state index >= 15 is 0 Å². The molecule has 8 aromatic carbocycles. The second-order valence-corrected chi connectivity index (χ2v) is 13.0. The monoisotopic (exact) mass is 690 g/mol. The minimum atomic E-state index is 0.439. The summed E-state index contributed by atoms with van der Waals surface area (Å²) in [5.74, 6) is 0. The summed E-state index contributed by atoms with van der Waals surface area (Å²) in [6, 6.07) is 67.1. The molecule has 0 heterocycles. The third kappa shape index (κ3) is 6.37. The Bertz CT molecular complexity index is 2540. The largest absolute Gasteiger partial charge is 0.310 e. The first-order chi connectivity index (χ1) is 26.5. The van der Waals surface area contributed by atoms with Crippen LogP contribution in [-0.4, -0.2) is 0 Å². The second-order valence-electron chi connectivity index (χ2n) is 13.0. The Labute approximate surface area is 315 Å². The van der Waals surface area contributed by atoms with Crippen LogP contribution in [-0.2, 0) is 0 Å². The predicted octanol–water partition coefficient (Wildman–Crippen LogP) is 13.7. The van der Waals surface area contributed by atoms with Gasteiger partial charge in [-0.05, 0) is 93.7 Å². The van der Waals surface area contributed by atoms with E-state index in [4.69, 9.17) is 0 Å². The topological polar surface area (TPSA) is 54.1 Å². The zero-order valence-electron chi connectivity index (χ0n) is 29.5. The van der Waals surface area contributed by atoms with Crippen molar-refractivity contribution in [3.63, 3.8) is 0 Å². The lowest BCUT2D eigenvalue weighted by atomic mass is 10.0. The molecular formula is C50H34N4. The maximum atomic E-state index is 9.41. The second kappa shape index (κ2) is 14.5. The van der Waals surface area contributed by atoms with Crippen LogP contribution in [0.15, 0.2) is 195 Å².